The molecule has 0 bridgehead atoms. The van der Waals surface area contributed by atoms with Gasteiger partial charge in [-0.05, 0) is 42.6 Å². The largest absolute Gasteiger partial charge is 0.355 e. The van der Waals surface area contributed by atoms with Crippen LogP contribution in [-0.4, -0.2) is 68.7 Å². The maximum Gasteiger partial charge on any atom is 0.151 e. The molecule has 0 spiro atoms. The van der Waals surface area contributed by atoms with Crippen LogP contribution in [0.3, 0.4) is 0 Å². The number of rotatable bonds is 4. The number of aromatic amines is 2. The molecule has 6 rings (SSSR count). The summed E-state index contributed by atoms with van der Waals surface area (Å²) < 4.78 is 0. The SMILES string of the molecule is CN1CC2C(C1)C2N(C)c1ccc(-c2ccc(-c3cn[nH]c3)c3cn[nH]c23)nn1. The zero-order valence-electron chi connectivity index (χ0n) is 16.4. The molecular formula is C21H22N8. The van der Waals surface area contributed by atoms with Crippen molar-refractivity contribution < 1.29 is 0 Å². The lowest BCUT2D eigenvalue weighted by atomic mass is 10.0. The lowest BCUT2D eigenvalue weighted by molar-refractivity contribution is 0.360. The van der Waals surface area contributed by atoms with Gasteiger partial charge in [-0.2, -0.15) is 10.2 Å². The van der Waals surface area contributed by atoms with Crippen molar-refractivity contribution in [3.8, 4) is 22.4 Å². The molecule has 1 saturated carbocycles. The Kier molecular flexibility index (Phi) is 3.52. The summed E-state index contributed by atoms with van der Waals surface area (Å²) in [5.74, 6) is 2.48. The highest BCUT2D eigenvalue weighted by Crippen LogP contribution is 2.48. The molecule has 4 aromatic rings. The highest BCUT2D eigenvalue weighted by Gasteiger charge is 2.57. The summed E-state index contributed by atoms with van der Waals surface area (Å²) in [5.41, 5.74) is 4.91. The fourth-order valence-corrected chi connectivity index (χ4v) is 4.99. The van der Waals surface area contributed by atoms with Crippen LogP contribution in [0.25, 0.3) is 33.3 Å². The van der Waals surface area contributed by atoms with Crippen LogP contribution < -0.4 is 4.90 Å². The van der Waals surface area contributed by atoms with Crippen molar-refractivity contribution in [2.24, 2.45) is 11.8 Å². The summed E-state index contributed by atoms with van der Waals surface area (Å²) >= 11 is 0. The third-order valence-electron chi connectivity index (χ3n) is 6.49. The number of aromatic nitrogens is 6. The minimum absolute atomic E-state index is 0.597. The normalized spacial score (nSPS) is 23.4. The Morgan fingerprint density at radius 2 is 1.83 bits per heavy atom. The van der Waals surface area contributed by atoms with Gasteiger partial charge in [-0.25, -0.2) is 0 Å². The minimum atomic E-state index is 0.597. The minimum Gasteiger partial charge on any atom is -0.355 e. The molecule has 1 aromatic carbocycles. The van der Waals surface area contributed by atoms with Gasteiger partial charge in [0.05, 0.1) is 23.6 Å². The molecule has 8 nitrogen and oxygen atoms in total. The summed E-state index contributed by atoms with van der Waals surface area (Å²) in [4.78, 5) is 4.71. The Labute approximate surface area is 167 Å². The first kappa shape index (κ1) is 16.7. The lowest BCUT2D eigenvalue weighted by Crippen LogP contribution is -2.31. The van der Waals surface area contributed by atoms with Gasteiger partial charge in [-0.15, -0.1) is 10.2 Å². The summed E-state index contributed by atoms with van der Waals surface area (Å²) in [5, 5.41) is 24.4. The molecule has 2 aliphatic rings. The van der Waals surface area contributed by atoms with Crippen molar-refractivity contribution >= 4 is 16.7 Å². The first-order valence-corrected chi connectivity index (χ1v) is 9.91. The van der Waals surface area contributed by atoms with E-state index in [0.717, 1.165) is 50.9 Å². The van der Waals surface area contributed by atoms with Crippen LogP contribution in [0.5, 0.6) is 0 Å². The molecule has 8 heteroatoms. The van der Waals surface area contributed by atoms with E-state index >= 15 is 0 Å². The summed E-state index contributed by atoms with van der Waals surface area (Å²) in [6, 6.07) is 8.88. The van der Waals surface area contributed by atoms with Crippen LogP contribution >= 0.6 is 0 Å². The average Bonchev–Trinajstić information content (AvgIpc) is 3.26. The van der Waals surface area contributed by atoms with Gasteiger partial charge in [0.2, 0.25) is 0 Å². The van der Waals surface area contributed by atoms with Crippen LogP contribution in [0.2, 0.25) is 0 Å². The highest BCUT2D eigenvalue weighted by atomic mass is 15.3. The molecule has 2 fully saturated rings. The Morgan fingerprint density at radius 1 is 1.00 bits per heavy atom. The Balaban J connectivity index is 1.30. The van der Waals surface area contributed by atoms with Gasteiger partial charge in [0.1, 0.15) is 0 Å². The van der Waals surface area contributed by atoms with Crippen molar-refractivity contribution in [1.29, 1.82) is 0 Å². The number of hydrogen-bond donors (Lipinski definition) is 2. The molecule has 3 aromatic heterocycles. The number of piperidine rings is 1. The Morgan fingerprint density at radius 3 is 2.55 bits per heavy atom. The lowest BCUT2D eigenvalue weighted by Gasteiger charge is -2.22. The molecule has 1 aliphatic heterocycles. The van der Waals surface area contributed by atoms with Gasteiger partial charge in [0, 0.05) is 48.9 Å². The molecule has 1 aliphatic carbocycles. The van der Waals surface area contributed by atoms with Gasteiger partial charge in [0.15, 0.2) is 5.82 Å². The number of hydrogen-bond acceptors (Lipinski definition) is 6. The second-order valence-corrected chi connectivity index (χ2v) is 8.23. The predicted octanol–water partition coefficient (Wildman–Crippen LogP) is 2.41. The highest BCUT2D eigenvalue weighted by molar-refractivity contribution is 6.01. The van der Waals surface area contributed by atoms with E-state index in [1.165, 1.54) is 13.1 Å². The van der Waals surface area contributed by atoms with Crippen molar-refractivity contribution in [2.75, 3.05) is 32.1 Å². The number of likely N-dealkylation sites (tertiary alicyclic amines) is 1. The van der Waals surface area contributed by atoms with E-state index in [-0.39, 0.29) is 0 Å². The van der Waals surface area contributed by atoms with E-state index in [2.05, 4.69) is 78.8 Å². The molecule has 0 radical (unpaired) electrons. The molecule has 146 valence electrons. The first-order chi connectivity index (χ1) is 14.2. The molecule has 2 atom stereocenters. The van der Waals surface area contributed by atoms with E-state index in [9.17, 15) is 0 Å². The zero-order chi connectivity index (χ0) is 19.5. The first-order valence-electron chi connectivity index (χ1n) is 9.91. The molecular weight excluding hydrogens is 364 g/mol. The second-order valence-electron chi connectivity index (χ2n) is 8.23. The molecule has 4 heterocycles. The molecule has 1 saturated heterocycles. The molecule has 2 unspecified atom stereocenters. The van der Waals surface area contributed by atoms with E-state index in [1.807, 2.05) is 18.6 Å². The topological polar surface area (TPSA) is 89.6 Å². The molecule has 0 amide bonds. The number of benzene rings is 1. The van der Waals surface area contributed by atoms with Crippen LogP contribution in [0.15, 0.2) is 42.9 Å². The maximum absolute atomic E-state index is 4.54. The number of nitrogens with zero attached hydrogens (tertiary/aromatic N) is 6. The smallest absolute Gasteiger partial charge is 0.151 e. The van der Waals surface area contributed by atoms with Crippen molar-refractivity contribution in [3.63, 3.8) is 0 Å². The maximum atomic E-state index is 4.54. The van der Waals surface area contributed by atoms with E-state index in [4.69, 9.17) is 0 Å². The number of H-pyrrole nitrogens is 2. The van der Waals surface area contributed by atoms with Crippen LogP contribution in [0, 0.1) is 11.8 Å². The van der Waals surface area contributed by atoms with Crippen molar-refractivity contribution in [1.82, 2.24) is 35.5 Å². The number of nitrogens with one attached hydrogen (secondary N) is 2. The van der Waals surface area contributed by atoms with Gasteiger partial charge in [-0.1, -0.05) is 6.07 Å². The van der Waals surface area contributed by atoms with E-state index in [1.54, 1.807) is 0 Å². The van der Waals surface area contributed by atoms with Gasteiger partial charge in [-0.3, -0.25) is 10.2 Å². The van der Waals surface area contributed by atoms with Crippen molar-refractivity contribution in [2.45, 2.75) is 6.04 Å². The number of anilines is 1. The Bertz CT molecular complexity index is 1150. The zero-order valence-corrected chi connectivity index (χ0v) is 16.4. The standard InChI is InChI=1S/C21H22N8/c1-28-10-16-17(11-28)21(16)29(2)19-6-5-18(25-26-19)14-4-3-13(12-7-22-23-8-12)15-9-24-27-20(14)15/h3-9,16-17,21H,10-11H2,1-2H3,(H,22,23)(H,24,27). The fraction of sp³-hybridized carbons (Fsp3) is 0.333. The molecule has 2 N–H and O–H groups in total. The van der Waals surface area contributed by atoms with Gasteiger partial charge in [0.25, 0.3) is 0 Å². The third-order valence-corrected chi connectivity index (χ3v) is 6.49. The molecule has 29 heavy (non-hydrogen) atoms. The van der Waals surface area contributed by atoms with E-state index < -0.39 is 0 Å². The number of fused-ring (bicyclic) bond motifs is 2. The monoisotopic (exact) mass is 386 g/mol. The summed E-state index contributed by atoms with van der Waals surface area (Å²) in [6.07, 6.45) is 5.55. The second kappa shape index (κ2) is 6.12. The van der Waals surface area contributed by atoms with Gasteiger partial charge < -0.3 is 9.80 Å². The van der Waals surface area contributed by atoms with Crippen LogP contribution in [0.1, 0.15) is 0 Å². The summed E-state index contributed by atoms with van der Waals surface area (Å²) in [6.45, 7) is 2.37. The van der Waals surface area contributed by atoms with Crippen LogP contribution in [0.4, 0.5) is 5.82 Å². The van der Waals surface area contributed by atoms with Gasteiger partial charge >= 0.3 is 0 Å². The Hall–Kier alpha value is -3.26. The average molecular weight is 386 g/mol. The van der Waals surface area contributed by atoms with Crippen LogP contribution in [-0.2, 0) is 0 Å². The van der Waals surface area contributed by atoms with E-state index in [0.29, 0.717) is 6.04 Å². The predicted molar refractivity (Wildman–Crippen MR) is 111 cm³/mol. The quantitative estimate of drug-likeness (QED) is 0.560. The summed E-state index contributed by atoms with van der Waals surface area (Å²) in [7, 11) is 4.34. The fourth-order valence-electron chi connectivity index (χ4n) is 4.99. The third kappa shape index (κ3) is 2.56. The van der Waals surface area contributed by atoms with Crippen molar-refractivity contribution in [3.05, 3.63) is 42.9 Å².